The molecule has 1 fully saturated rings. The molecule has 0 aliphatic carbocycles. The van der Waals surface area contributed by atoms with E-state index in [-0.39, 0.29) is 18.9 Å². The number of nitrogens with zero attached hydrogens (tertiary/aromatic N) is 1. The van der Waals surface area contributed by atoms with Crippen molar-refractivity contribution in [3.8, 4) is 11.5 Å². The number of hydrogen-bond donors (Lipinski definition) is 1. The molecule has 20 heavy (non-hydrogen) atoms. The van der Waals surface area contributed by atoms with Crippen LogP contribution in [0.5, 0.6) is 11.5 Å². The number of rotatable bonds is 4. The lowest BCUT2D eigenvalue weighted by Crippen LogP contribution is -2.26. The van der Waals surface area contributed by atoms with Gasteiger partial charge in [-0.2, -0.15) is 0 Å². The molecule has 1 saturated heterocycles. The average Bonchev–Trinajstić information content (AvgIpc) is 2.80. The summed E-state index contributed by atoms with van der Waals surface area (Å²) in [5.74, 6) is -0.699. The Bertz CT molecular complexity index is 555. The van der Waals surface area contributed by atoms with Gasteiger partial charge in [-0.25, -0.2) is 0 Å². The molecule has 1 amide bonds. The van der Waals surface area contributed by atoms with E-state index in [1.54, 1.807) is 19.2 Å². The van der Waals surface area contributed by atoms with Crippen molar-refractivity contribution in [2.75, 3.05) is 25.7 Å². The van der Waals surface area contributed by atoms with Gasteiger partial charge in [0, 0.05) is 19.0 Å². The highest BCUT2D eigenvalue weighted by Crippen LogP contribution is 2.38. The minimum absolute atomic E-state index is 0.00861. The van der Waals surface area contributed by atoms with E-state index in [0.29, 0.717) is 17.2 Å². The molecule has 1 atom stereocenters. The average molecular weight is 279 g/mol. The van der Waals surface area contributed by atoms with Crippen LogP contribution in [0.3, 0.4) is 0 Å². The van der Waals surface area contributed by atoms with E-state index in [1.807, 2.05) is 6.92 Å². The van der Waals surface area contributed by atoms with E-state index >= 15 is 0 Å². The molecular weight excluding hydrogens is 262 g/mol. The molecule has 1 aliphatic heterocycles. The normalized spacial score (nSPS) is 18.2. The third-order valence-electron chi connectivity index (χ3n) is 3.46. The molecule has 1 aromatic rings. The number of carbonyl (C=O) groups excluding carboxylic acids is 1. The number of aryl methyl sites for hydroxylation is 1. The molecule has 0 saturated carbocycles. The highest BCUT2D eigenvalue weighted by molar-refractivity contribution is 6.00. The first-order chi connectivity index (χ1) is 9.47. The van der Waals surface area contributed by atoms with Crippen LogP contribution in [-0.4, -0.2) is 37.7 Å². The Labute approximate surface area is 116 Å². The van der Waals surface area contributed by atoms with E-state index in [4.69, 9.17) is 14.6 Å². The van der Waals surface area contributed by atoms with Gasteiger partial charge in [-0.15, -0.1) is 0 Å². The van der Waals surface area contributed by atoms with Crippen LogP contribution >= 0.6 is 0 Å². The van der Waals surface area contributed by atoms with Crippen molar-refractivity contribution < 1.29 is 24.2 Å². The SMILES string of the molecule is COc1cc(N2CC(C(=O)O)CC2=O)c(OC)cc1C. The van der Waals surface area contributed by atoms with Crippen LogP contribution in [-0.2, 0) is 9.59 Å². The molecule has 0 aromatic heterocycles. The number of hydrogen-bond acceptors (Lipinski definition) is 4. The number of methoxy groups -OCH3 is 2. The molecule has 1 aliphatic rings. The van der Waals surface area contributed by atoms with E-state index in [1.165, 1.54) is 12.0 Å². The molecule has 1 unspecified atom stereocenters. The van der Waals surface area contributed by atoms with Crippen LogP contribution in [0.4, 0.5) is 5.69 Å². The Balaban J connectivity index is 2.41. The molecule has 0 radical (unpaired) electrons. The number of benzene rings is 1. The van der Waals surface area contributed by atoms with E-state index < -0.39 is 11.9 Å². The van der Waals surface area contributed by atoms with Gasteiger partial charge in [0.05, 0.1) is 25.8 Å². The van der Waals surface area contributed by atoms with Gasteiger partial charge in [0.25, 0.3) is 0 Å². The Morgan fingerprint density at radius 3 is 2.45 bits per heavy atom. The smallest absolute Gasteiger partial charge is 0.308 e. The molecule has 108 valence electrons. The van der Waals surface area contributed by atoms with E-state index in [2.05, 4.69) is 0 Å². The first kappa shape index (κ1) is 14.2. The monoisotopic (exact) mass is 279 g/mol. The third kappa shape index (κ3) is 2.41. The number of ether oxygens (including phenoxy) is 2. The number of amides is 1. The van der Waals surface area contributed by atoms with Gasteiger partial charge in [-0.05, 0) is 18.6 Å². The van der Waals surface area contributed by atoms with Crippen LogP contribution < -0.4 is 14.4 Å². The van der Waals surface area contributed by atoms with Crippen molar-refractivity contribution in [3.05, 3.63) is 17.7 Å². The summed E-state index contributed by atoms with van der Waals surface area (Å²) in [6.07, 6.45) is 0.00861. The quantitative estimate of drug-likeness (QED) is 0.902. The van der Waals surface area contributed by atoms with Crippen molar-refractivity contribution >= 4 is 17.6 Å². The molecule has 6 nitrogen and oxygen atoms in total. The molecule has 1 heterocycles. The van der Waals surface area contributed by atoms with Crippen LogP contribution in [0.25, 0.3) is 0 Å². The zero-order valence-electron chi connectivity index (χ0n) is 11.7. The van der Waals surface area contributed by atoms with Crippen molar-refractivity contribution in [1.29, 1.82) is 0 Å². The van der Waals surface area contributed by atoms with Crippen molar-refractivity contribution in [2.24, 2.45) is 5.92 Å². The van der Waals surface area contributed by atoms with Crippen LogP contribution in [0.1, 0.15) is 12.0 Å². The van der Waals surface area contributed by atoms with Gasteiger partial charge in [-0.1, -0.05) is 0 Å². The number of anilines is 1. The Hall–Kier alpha value is -2.24. The highest BCUT2D eigenvalue weighted by atomic mass is 16.5. The zero-order valence-corrected chi connectivity index (χ0v) is 11.7. The molecule has 6 heteroatoms. The Morgan fingerprint density at radius 2 is 1.95 bits per heavy atom. The summed E-state index contributed by atoms with van der Waals surface area (Å²) < 4.78 is 10.5. The van der Waals surface area contributed by atoms with E-state index in [0.717, 1.165) is 5.56 Å². The van der Waals surface area contributed by atoms with Crippen molar-refractivity contribution in [2.45, 2.75) is 13.3 Å². The fourth-order valence-corrected chi connectivity index (χ4v) is 2.35. The summed E-state index contributed by atoms with van der Waals surface area (Å²) in [5.41, 5.74) is 1.43. The Kier molecular flexibility index (Phi) is 3.83. The molecule has 0 bridgehead atoms. The maximum atomic E-state index is 12.0. The van der Waals surface area contributed by atoms with Crippen LogP contribution in [0.2, 0.25) is 0 Å². The summed E-state index contributed by atoms with van der Waals surface area (Å²) in [7, 11) is 3.06. The summed E-state index contributed by atoms with van der Waals surface area (Å²) in [4.78, 5) is 24.5. The standard InChI is InChI=1S/C14H17NO5/c1-8-4-12(20-3)10(6-11(8)19-2)15-7-9(14(17)18)5-13(15)16/h4,6,9H,5,7H2,1-3H3,(H,17,18). The lowest BCUT2D eigenvalue weighted by Gasteiger charge is -2.21. The third-order valence-corrected chi connectivity index (χ3v) is 3.46. The lowest BCUT2D eigenvalue weighted by molar-refractivity contribution is -0.141. The largest absolute Gasteiger partial charge is 0.496 e. The fourth-order valence-electron chi connectivity index (χ4n) is 2.35. The predicted molar refractivity (Wildman–Crippen MR) is 72.4 cm³/mol. The van der Waals surface area contributed by atoms with Crippen LogP contribution in [0.15, 0.2) is 12.1 Å². The van der Waals surface area contributed by atoms with Crippen molar-refractivity contribution in [3.63, 3.8) is 0 Å². The van der Waals surface area contributed by atoms with Gasteiger partial charge < -0.3 is 19.5 Å². The number of carboxylic acids is 1. The van der Waals surface area contributed by atoms with Crippen LogP contribution in [0, 0.1) is 12.8 Å². The van der Waals surface area contributed by atoms with Gasteiger partial charge in [0.2, 0.25) is 5.91 Å². The van der Waals surface area contributed by atoms with Gasteiger partial charge >= 0.3 is 5.97 Å². The zero-order chi connectivity index (χ0) is 14.9. The van der Waals surface area contributed by atoms with Gasteiger partial charge in [0.1, 0.15) is 11.5 Å². The van der Waals surface area contributed by atoms with E-state index in [9.17, 15) is 9.59 Å². The summed E-state index contributed by atoms with van der Waals surface area (Å²) >= 11 is 0. The second-order valence-electron chi connectivity index (χ2n) is 4.74. The number of carbonyl (C=O) groups is 2. The maximum absolute atomic E-state index is 12.0. The Morgan fingerprint density at radius 1 is 1.30 bits per heavy atom. The molecular formula is C14H17NO5. The summed E-state index contributed by atoms with van der Waals surface area (Å²) in [6, 6.07) is 3.48. The number of carboxylic acid groups (broad SMARTS) is 1. The van der Waals surface area contributed by atoms with Gasteiger partial charge in [0.15, 0.2) is 0 Å². The number of aliphatic carboxylic acids is 1. The van der Waals surface area contributed by atoms with Gasteiger partial charge in [-0.3, -0.25) is 9.59 Å². The lowest BCUT2D eigenvalue weighted by atomic mass is 10.1. The topological polar surface area (TPSA) is 76.1 Å². The first-order valence-electron chi connectivity index (χ1n) is 6.23. The summed E-state index contributed by atoms with van der Waals surface area (Å²) in [6.45, 7) is 2.02. The predicted octanol–water partition coefficient (Wildman–Crippen LogP) is 1.45. The molecule has 1 aromatic carbocycles. The van der Waals surface area contributed by atoms with Crippen molar-refractivity contribution in [1.82, 2.24) is 0 Å². The highest BCUT2D eigenvalue weighted by Gasteiger charge is 2.36. The molecule has 2 rings (SSSR count). The second kappa shape index (κ2) is 5.40. The maximum Gasteiger partial charge on any atom is 0.308 e. The second-order valence-corrected chi connectivity index (χ2v) is 4.74. The molecule has 1 N–H and O–H groups in total. The molecule has 0 spiro atoms. The minimum atomic E-state index is -0.959. The first-order valence-corrected chi connectivity index (χ1v) is 6.23. The summed E-state index contributed by atoms with van der Waals surface area (Å²) in [5, 5.41) is 9.03. The minimum Gasteiger partial charge on any atom is -0.496 e. The fraction of sp³-hybridized carbons (Fsp3) is 0.429.